The predicted octanol–water partition coefficient (Wildman–Crippen LogP) is 1.77. The highest BCUT2D eigenvalue weighted by Gasteiger charge is 2.50. The molecule has 0 bridgehead atoms. The molecule has 150 valence electrons. The topological polar surface area (TPSA) is 117 Å². The molecule has 0 radical (unpaired) electrons. The molecule has 4 atom stereocenters. The van der Waals surface area contributed by atoms with Gasteiger partial charge in [0.25, 0.3) is 5.91 Å². The van der Waals surface area contributed by atoms with E-state index in [0.717, 1.165) is 4.90 Å². The molecule has 1 N–H and O–H groups in total. The van der Waals surface area contributed by atoms with Gasteiger partial charge >= 0.3 is 5.97 Å². The normalized spacial score (nSPS) is 22.4. The number of anilines is 1. The number of likely N-dealkylation sites (tertiary alicyclic amines) is 1. The van der Waals surface area contributed by atoms with Crippen LogP contribution in [-0.4, -0.2) is 40.7 Å². The standard InChI is InChI=1S/C21H21N3O5/c1-12(24-19(26)16-5-3-4-6-17(16)20(24)27)21(28)29-13(2)18(25)23-15-9-7-14(11-22)8-10-15/h3-4,7-10,12-13,16-17H,5-6H2,1-2H3,(H,23,25)/t12-,13-,16-,17-/m0/s1. The van der Waals surface area contributed by atoms with Crippen molar-refractivity contribution in [3.63, 3.8) is 0 Å². The van der Waals surface area contributed by atoms with Gasteiger partial charge in [0.05, 0.1) is 23.5 Å². The summed E-state index contributed by atoms with van der Waals surface area (Å²) in [5, 5.41) is 11.4. The largest absolute Gasteiger partial charge is 0.451 e. The molecule has 1 aromatic carbocycles. The lowest BCUT2D eigenvalue weighted by Crippen LogP contribution is -2.46. The molecule has 29 heavy (non-hydrogen) atoms. The van der Waals surface area contributed by atoms with Crippen LogP contribution in [0.5, 0.6) is 0 Å². The van der Waals surface area contributed by atoms with Gasteiger partial charge in [-0.05, 0) is 51.0 Å². The van der Waals surface area contributed by atoms with Crippen molar-refractivity contribution in [3.8, 4) is 6.07 Å². The monoisotopic (exact) mass is 395 g/mol. The lowest BCUT2D eigenvalue weighted by molar-refractivity contribution is -0.163. The Balaban J connectivity index is 1.60. The van der Waals surface area contributed by atoms with Crippen LogP contribution < -0.4 is 5.32 Å². The minimum absolute atomic E-state index is 0.372. The molecule has 0 unspecified atom stereocenters. The van der Waals surface area contributed by atoms with Crippen LogP contribution in [0.2, 0.25) is 0 Å². The number of esters is 1. The summed E-state index contributed by atoms with van der Waals surface area (Å²) in [4.78, 5) is 50.9. The molecule has 2 aliphatic rings. The fourth-order valence-electron chi connectivity index (χ4n) is 3.51. The number of ether oxygens (including phenoxy) is 1. The van der Waals surface area contributed by atoms with Crippen molar-refractivity contribution in [1.29, 1.82) is 5.26 Å². The number of carbonyl (C=O) groups excluding carboxylic acids is 4. The maximum atomic E-state index is 12.6. The molecule has 3 rings (SSSR count). The molecule has 1 aliphatic heterocycles. The third kappa shape index (κ3) is 4.04. The van der Waals surface area contributed by atoms with Crippen molar-refractivity contribution in [1.82, 2.24) is 4.90 Å². The van der Waals surface area contributed by atoms with Gasteiger partial charge in [0, 0.05) is 5.69 Å². The number of hydrogen-bond donors (Lipinski definition) is 1. The van der Waals surface area contributed by atoms with Gasteiger partial charge in [-0.3, -0.25) is 19.3 Å². The molecule has 1 aliphatic carbocycles. The second kappa shape index (κ2) is 8.27. The van der Waals surface area contributed by atoms with Crippen LogP contribution >= 0.6 is 0 Å². The van der Waals surface area contributed by atoms with Crippen LogP contribution in [0.15, 0.2) is 36.4 Å². The van der Waals surface area contributed by atoms with Crippen molar-refractivity contribution >= 4 is 29.4 Å². The zero-order valence-electron chi connectivity index (χ0n) is 16.1. The summed E-state index contributed by atoms with van der Waals surface area (Å²) in [6.07, 6.45) is 3.58. The van der Waals surface area contributed by atoms with E-state index in [0.29, 0.717) is 24.1 Å². The van der Waals surface area contributed by atoms with E-state index < -0.39 is 35.9 Å². The number of benzene rings is 1. The van der Waals surface area contributed by atoms with Gasteiger partial charge in [-0.25, -0.2) is 4.79 Å². The Morgan fingerprint density at radius 2 is 1.66 bits per heavy atom. The summed E-state index contributed by atoms with van der Waals surface area (Å²) >= 11 is 0. The Hall–Kier alpha value is -3.47. The molecule has 8 nitrogen and oxygen atoms in total. The third-order valence-corrected chi connectivity index (χ3v) is 5.21. The number of amides is 3. The molecular weight excluding hydrogens is 374 g/mol. The van der Waals surface area contributed by atoms with Gasteiger partial charge in [0.2, 0.25) is 11.8 Å². The van der Waals surface area contributed by atoms with E-state index in [4.69, 9.17) is 10.00 Å². The van der Waals surface area contributed by atoms with Crippen LogP contribution in [0, 0.1) is 23.2 Å². The summed E-state index contributed by atoms with van der Waals surface area (Å²) in [7, 11) is 0. The highest BCUT2D eigenvalue weighted by molar-refractivity contribution is 6.08. The first kappa shape index (κ1) is 20.3. The number of fused-ring (bicyclic) bond motifs is 1. The van der Waals surface area contributed by atoms with Crippen molar-refractivity contribution < 1.29 is 23.9 Å². The van der Waals surface area contributed by atoms with Gasteiger partial charge < -0.3 is 10.1 Å². The molecule has 0 aromatic heterocycles. The van der Waals surface area contributed by atoms with E-state index in [1.54, 1.807) is 24.3 Å². The number of carbonyl (C=O) groups is 4. The number of nitrogens with zero attached hydrogens (tertiary/aromatic N) is 2. The Labute approximate surface area is 168 Å². The van der Waals surface area contributed by atoms with Gasteiger partial charge in [0.1, 0.15) is 6.04 Å². The van der Waals surface area contributed by atoms with Crippen molar-refractivity contribution in [2.24, 2.45) is 11.8 Å². The first-order valence-corrected chi connectivity index (χ1v) is 9.37. The van der Waals surface area contributed by atoms with Crippen molar-refractivity contribution in [3.05, 3.63) is 42.0 Å². The zero-order valence-corrected chi connectivity index (χ0v) is 16.1. The van der Waals surface area contributed by atoms with Crippen LogP contribution in [0.1, 0.15) is 32.3 Å². The summed E-state index contributed by atoms with van der Waals surface area (Å²) in [6.45, 7) is 2.83. The molecule has 1 saturated heterocycles. The first-order chi connectivity index (χ1) is 13.8. The minimum Gasteiger partial charge on any atom is -0.451 e. The Kier molecular flexibility index (Phi) is 5.78. The van der Waals surface area contributed by atoms with E-state index in [9.17, 15) is 19.2 Å². The lowest BCUT2D eigenvalue weighted by atomic mass is 9.85. The van der Waals surface area contributed by atoms with Crippen molar-refractivity contribution in [2.75, 3.05) is 5.32 Å². The number of allylic oxidation sites excluding steroid dienone is 2. The molecule has 8 heteroatoms. The Morgan fingerprint density at radius 1 is 1.10 bits per heavy atom. The van der Waals surface area contributed by atoms with Crippen LogP contribution in [0.25, 0.3) is 0 Å². The highest BCUT2D eigenvalue weighted by atomic mass is 16.5. The van der Waals surface area contributed by atoms with E-state index in [-0.39, 0.29) is 11.8 Å². The number of nitriles is 1. The van der Waals surface area contributed by atoms with Gasteiger partial charge in [0.15, 0.2) is 6.10 Å². The molecular formula is C21H21N3O5. The summed E-state index contributed by atoms with van der Waals surface area (Å²) < 4.78 is 5.19. The molecule has 1 aromatic rings. The average molecular weight is 395 g/mol. The number of nitrogens with one attached hydrogen (secondary N) is 1. The number of imide groups is 1. The van der Waals surface area contributed by atoms with Gasteiger partial charge in [-0.15, -0.1) is 0 Å². The second-order valence-corrected chi connectivity index (χ2v) is 7.14. The highest BCUT2D eigenvalue weighted by Crippen LogP contribution is 2.36. The number of rotatable bonds is 5. The second-order valence-electron chi connectivity index (χ2n) is 7.14. The quantitative estimate of drug-likeness (QED) is 0.461. The average Bonchev–Trinajstić information content (AvgIpc) is 2.98. The van der Waals surface area contributed by atoms with E-state index in [1.807, 2.05) is 18.2 Å². The fraction of sp³-hybridized carbons (Fsp3) is 0.381. The van der Waals surface area contributed by atoms with E-state index >= 15 is 0 Å². The fourth-order valence-corrected chi connectivity index (χ4v) is 3.51. The minimum atomic E-state index is -1.13. The van der Waals surface area contributed by atoms with E-state index in [2.05, 4.69) is 5.32 Å². The van der Waals surface area contributed by atoms with E-state index in [1.165, 1.54) is 13.8 Å². The summed E-state index contributed by atoms with van der Waals surface area (Å²) in [5.74, 6) is -2.99. The lowest BCUT2D eigenvalue weighted by Gasteiger charge is -2.23. The first-order valence-electron chi connectivity index (χ1n) is 9.37. The molecule has 3 amide bonds. The smallest absolute Gasteiger partial charge is 0.329 e. The maximum absolute atomic E-state index is 12.6. The molecule has 1 fully saturated rings. The van der Waals surface area contributed by atoms with Crippen LogP contribution in [0.4, 0.5) is 5.69 Å². The summed E-state index contributed by atoms with van der Waals surface area (Å²) in [5.41, 5.74) is 0.901. The summed E-state index contributed by atoms with van der Waals surface area (Å²) in [6, 6.07) is 7.09. The van der Waals surface area contributed by atoms with Crippen molar-refractivity contribution in [2.45, 2.75) is 38.8 Å². The Bertz CT molecular complexity index is 889. The predicted molar refractivity (Wildman–Crippen MR) is 102 cm³/mol. The Morgan fingerprint density at radius 3 is 2.17 bits per heavy atom. The molecule has 0 spiro atoms. The van der Waals surface area contributed by atoms with Gasteiger partial charge in [-0.1, -0.05) is 12.2 Å². The number of hydrogen-bond acceptors (Lipinski definition) is 6. The SMILES string of the molecule is C[C@H](OC(=O)[C@H](C)N1C(=O)[C@H]2CC=CC[C@@H]2C1=O)C(=O)Nc1ccc(C#N)cc1. The molecule has 1 heterocycles. The zero-order chi connectivity index (χ0) is 21.1. The molecule has 0 saturated carbocycles. The third-order valence-electron chi connectivity index (χ3n) is 5.21. The maximum Gasteiger partial charge on any atom is 0.329 e. The van der Waals surface area contributed by atoms with Gasteiger partial charge in [-0.2, -0.15) is 5.26 Å². The van der Waals surface area contributed by atoms with Crippen LogP contribution in [0.3, 0.4) is 0 Å². The van der Waals surface area contributed by atoms with Crippen LogP contribution in [-0.2, 0) is 23.9 Å².